The molecule has 15 heavy (non-hydrogen) atoms. The summed E-state index contributed by atoms with van der Waals surface area (Å²) in [5.74, 6) is 0.254. The molecule has 0 bridgehead atoms. The molecule has 0 aliphatic carbocycles. The molecule has 1 amide bonds. The quantitative estimate of drug-likeness (QED) is 0.573. The van der Waals surface area contributed by atoms with Crippen molar-refractivity contribution in [1.82, 2.24) is 5.32 Å². The first kappa shape index (κ1) is 15.5. The van der Waals surface area contributed by atoms with Crippen molar-refractivity contribution in [2.75, 3.05) is 6.54 Å². The Hall–Kier alpha value is 0.470. The van der Waals surface area contributed by atoms with Crippen LogP contribution in [0.4, 0.5) is 0 Å². The molecule has 1 heterocycles. The first-order chi connectivity index (χ1) is 6.89. The normalized spacial score (nSPS) is 21.2. The molecule has 2 nitrogen and oxygen atoms in total. The standard InChI is InChI=1S/C12H23NO.Na/c14-12-10-8-6-4-2-1-3-5-7-9-11-13-12;/h1-11H2,(H,13,14);/q;+1. The third-order valence-corrected chi connectivity index (χ3v) is 2.90. The average Bonchev–Trinajstić information content (AvgIpc) is 2.20. The van der Waals surface area contributed by atoms with Crippen LogP contribution in [-0.2, 0) is 4.79 Å². The number of hydrogen-bond acceptors (Lipinski definition) is 1. The van der Waals surface area contributed by atoms with Gasteiger partial charge in [0.2, 0.25) is 5.91 Å². The van der Waals surface area contributed by atoms with E-state index in [2.05, 4.69) is 5.32 Å². The summed E-state index contributed by atoms with van der Waals surface area (Å²) in [6.45, 7) is 0.888. The smallest absolute Gasteiger partial charge is 0.356 e. The van der Waals surface area contributed by atoms with Crippen LogP contribution in [0.25, 0.3) is 0 Å². The molecule has 0 aromatic carbocycles. The molecule has 1 saturated heterocycles. The van der Waals surface area contributed by atoms with Gasteiger partial charge in [0.1, 0.15) is 0 Å². The summed E-state index contributed by atoms with van der Waals surface area (Å²) in [5, 5.41) is 2.98. The van der Waals surface area contributed by atoms with Gasteiger partial charge in [0, 0.05) is 13.0 Å². The van der Waals surface area contributed by atoms with Crippen molar-refractivity contribution in [3.05, 3.63) is 0 Å². The monoisotopic (exact) mass is 220 g/mol. The summed E-state index contributed by atoms with van der Waals surface area (Å²) in [7, 11) is 0. The molecule has 1 rings (SSSR count). The summed E-state index contributed by atoms with van der Waals surface area (Å²) in [6, 6.07) is 0. The predicted octanol–water partition coefficient (Wildman–Crippen LogP) is 0.0212. The van der Waals surface area contributed by atoms with E-state index in [0.717, 1.165) is 25.8 Å². The molecular weight excluding hydrogens is 197 g/mol. The van der Waals surface area contributed by atoms with E-state index in [-0.39, 0.29) is 35.5 Å². The summed E-state index contributed by atoms with van der Waals surface area (Å²) in [6.07, 6.45) is 12.3. The van der Waals surface area contributed by atoms with E-state index in [4.69, 9.17) is 0 Å². The van der Waals surface area contributed by atoms with Crippen LogP contribution in [0.2, 0.25) is 0 Å². The van der Waals surface area contributed by atoms with Gasteiger partial charge < -0.3 is 5.32 Å². The summed E-state index contributed by atoms with van der Waals surface area (Å²) in [4.78, 5) is 11.3. The van der Waals surface area contributed by atoms with Gasteiger partial charge in [0.15, 0.2) is 0 Å². The molecule has 1 fully saturated rings. The Balaban J connectivity index is 0.00000196. The van der Waals surface area contributed by atoms with E-state index in [1.54, 1.807) is 0 Å². The molecular formula is C12H23NNaO+. The van der Waals surface area contributed by atoms with Gasteiger partial charge in [0.25, 0.3) is 0 Å². The predicted molar refractivity (Wildman–Crippen MR) is 59.2 cm³/mol. The molecule has 0 unspecified atom stereocenters. The van der Waals surface area contributed by atoms with Gasteiger partial charge in [-0.3, -0.25) is 4.79 Å². The number of amides is 1. The van der Waals surface area contributed by atoms with E-state index >= 15 is 0 Å². The minimum atomic E-state index is 0. The van der Waals surface area contributed by atoms with Gasteiger partial charge in [-0.1, -0.05) is 44.9 Å². The Kier molecular flexibility index (Phi) is 11.3. The molecule has 1 aliphatic heterocycles. The van der Waals surface area contributed by atoms with Gasteiger partial charge in [0.05, 0.1) is 0 Å². The van der Waals surface area contributed by atoms with Crippen molar-refractivity contribution >= 4 is 5.91 Å². The Morgan fingerprint density at radius 1 is 0.733 bits per heavy atom. The Morgan fingerprint density at radius 3 is 1.80 bits per heavy atom. The largest absolute Gasteiger partial charge is 1.00 e. The van der Waals surface area contributed by atoms with Crippen molar-refractivity contribution in [2.24, 2.45) is 0 Å². The van der Waals surface area contributed by atoms with Crippen molar-refractivity contribution < 1.29 is 34.4 Å². The second-order valence-corrected chi connectivity index (χ2v) is 4.28. The van der Waals surface area contributed by atoms with Crippen LogP contribution in [0.3, 0.4) is 0 Å². The molecule has 0 radical (unpaired) electrons. The second kappa shape index (κ2) is 11.0. The van der Waals surface area contributed by atoms with E-state index in [1.807, 2.05) is 0 Å². The summed E-state index contributed by atoms with van der Waals surface area (Å²) >= 11 is 0. The zero-order valence-corrected chi connectivity index (χ0v) is 12.2. The minimum Gasteiger partial charge on any atom is -0.356 e. The maximum atomic E-state index is 11.3. The second-order valence-electron chi connectivity index (χ2n) is 4.28. The summed E-state index contributed by atoms with van der Waals surface area (Å²) < 4.78 is 0. The maximum absolute atomic E-state index is 11.3. The van der Waals surface area contributed by atoms with Crippen LogP contribution in [0, 0.1) is 0 Å². The molecule has 0 saturated carbocycles. The first-order valence-corrected chi connectivity index (χ1v) is 6.16. The number of carbonyl (C=O) groups is 1. The van der Waals surface area contributed by atoms with Crippen LogP contribution in [0.5, 0.6) is 0 Å². The molecule has 0 aromatic rings. The van der Waals surface area contributed by atoms with Gasteiger partial charge in [-0.15, -0.1) is 0 Å². The fraction of sp³-hybridized carbons (Fsp3) is 0.917. The minimum absolute atomic E-state index is 0. The number of rotatable bonds is 0. The van der Waals surface area contributed by atoms with Crippen LogP contribution >= 0.6 is 0 Å². The molecule has 0 atom stereocenters. The van der Waals surface area contributed by atoms with Gasteiger partial charge in [-0.2, -0.15) is 0 Å². The Labute approximate surface area is 116 Å². The third kappa shape index (κ3) is 9.40. The number of carbonyl (C=O) groups excluding carboxylic acids is 1. The van der Waals surface area contributed by atoms with Crippen molar-refractivity contribution in [1.29, 1.82) is 0 Å². The van der Waals surface area contributed by atoms with Crippen molar-refractivity contribution in [2.45, 2.75) is 64.2 Å². The molecule has 3 heteroatoms. The fourth-order valence-electron chi connectivity index (χ4n) is 1.96. The number of nitrogens with one attached hydrogen (secondary N) is 1. The topological polar surface area (TPSA) is 29.1 Å². The Morgan fingerprint density at radius 2 is 1.20 bits per heavy atom. The fourth-order valence-corrected chi connectivity index (χ4v) is 1.96. The zero-order valence-electron chi connectivity index (χ0n) is 10.2. The average molecular weight is 220 g/mol. The van der Waals surface area contributed by atoms with Gasteiger partial charge >= 0.3 is 29.6 Å². The van der Waals surface area contributed by atoms with E-state index in [1.165, 1.54) is 44.9 Å². The number of hydrogen-bond donors (Lipinski definition) is 1. The van der Waals surface area contributed by atoms with Crippen molar-refractivity contribution in [3.8, 4) is 0 Å². The molecule has 82 valence electrons. The van der Waals surface area contributed by atoms with Crippen LogP contribution in [0.15, 0.2) is 0 Å². The van der Waals surface area contributed by atoms with E-state index < -0.39 is 0 Å². The van der Waals surface area contributed by atoms with Crippen molar-refractivity contribution in [3.63, 3.8) is 0 Å². The van der Waals surface area contributed by atoms with Crippen LogP contribution in [-0.4, -0.2) is 12.5 Å². The molecule has 1 aliphatic rings. The molecule has 1 N–H and O–H groups in total. The zero-order chi connectivity index (χ0) is 10.1. The SMILES string of the molecule is O=C1CCCCCCCCCCCN1.[Na+]. The van der Waals surface area contributed by atoms with E-state index in [0.29, 0.717) is 0 Å². The summed E-state index contributed by atoms with van der Waals surface area (Å²) in [5.41, 5.74) is 0. The maximum Gasteiger partial charge on any atom is 1.00 e. The van der Waals surface area contributed by atoms with Crippen LogP contribution < -0.4 is 34.9 Å². The third-order valence-electron chi connectivity index (χ3n) is 2.90. The van der Waals surface area contributed by atoms with E-state index in [9.17, 15) is 4.79 Å². The van der Waals surface area contributed by atoms with Gasteiger partial charge in [-0.25, -0.2) is 0 Å². The van der Waals surface area contributed by atoms with Crippen LogP contribution in [0.1, 0.15) is 64.2 Å². The molecule has 0 aromatic heterocycles. The molecule has 0 spiro atoms. The first-order valence-electron chi connectivity index (χ1n) is 6.16. The Bertz CT molecular complexity index is 146. The van der Waals surface area contributed by atoms with Gasteiger partial charge in [-0.05, 0) is 12.8 Å².